The van der Waals surface area contributed by atoms with Crippen LogP contribution in [0.4, 0.5) is 0 Å². The molecule has 0 fully saturated rings. The fraction of sp³-hybridized carbons (Fsp3) is 0.125. The number of aromatic nitrogens is 3. The molecule has 0 aliphatic heterocycles. The number of rotatable bonds is 6. The van der Waals surface area contributed by atoms with Gasteiger partial charge in [-0.2, -0.15) is 5.10 Å². The molecule has 30 heavy (non-hydrogen) atoms. The predicted octanol–water partition coefficient (Wildman–Crippen LogP) is 4.43. The average molecular weight is 398 g/mol. The zero-order valence-electron chi connectivity index (χ0n) is 16.8. The largest absolute Gasteiger partial charge is 0.497 e. The molecule has 0 saturated carbocycles. The molecule has 0 radical (unpaired) electrons. The number of methoxy groups -OCH3 is 1. The van der Waals surface area contributed by atoms with Crippen molar-refractivity contribution in [2.24, 2.45) is 0 Å². The van der Waals surface area contributed by atoms with E-state index in [1.54, 1.807) is 30.4 Å². The fourth-order valence-corrected chi connectivity index (χ4v) is 3.18. The van der Waals surface area contributed by atoms with E-state index in [1.807, 2.05) is 73.8 Å². The van der Waals surface area contributed by atoms with E-state index in [9.17, 15) is 4.79 Å². The molecule has 1 amide bonds. The summed E-state index contributed by atoms with van der Waals surface area (Å²) in [6.07, 6.45) is 7.18. The molecule has 0 spiro atoms. The Morgan fingerprint density at radius 2 is 1.77 bits per heavy atom. The highest BCUT2D eigenvalue weighted by molar-refractivity contribution is 5.94. The first-order chi connectivity index (χ1) is 14.6. The number of benzene rings is 2. The normalized spacial score (nSPS) is 11.7. The number of pyridine rings is 1. The van der Waals surface area contributed by atoms with Gasteiger partial charge in [0.2, 0.25) is 0 Å². The Morgan fingerprint density at radius 1 is 1.03 bits per heavy atom. The quantitative estimate of drug-likeness (QED) is 0.522. The van der Waals surface area contributed by atoms with Crippen LogP contribution in [0.5, 0.6) is 5.75 Å². The van der Waals surface area contributed by atoms with Crippen molar-refractivity contribution in [1.82, 2.24) is 20.1 Å². The molecular weight excluding hydrogens is 376 g/mol. The molecule has 1 unspecified atom stereocenters. The Hall–Kier alpha value is -3.93. The Kier molecular flexibility index (Phi) is 5.57. The Labute approximate surface area is 175 Å². The van der Waals surface area contributed by atoms with Gasteiger partial charge in [-0.3, -0.25) is 9.78 Å². The number of nitrogens with zero attached hydrogens (tertiary/aromatic N) is 3. The van der Waals surface area contributed by atoms with Crippen LogP contribution in [-0.4, -0.2) is 27.8 Å². The van der Waals surface area contributed by atoms with Crippen LogP contribution in [-0.2, 0) is 0 Å². The maximum atomic E-state index is 12.7. The van der Waals surface area contributed by atoms with Crippen molar-refractivity contribution >= 4 is 5.91 Å². The van der Waals surface area contributed by atoms with Crippen molar-refractivity contribution in [2.45, 2.75) is 13.0 Å². The van der Waals surface area contributed by atoms with Gasteiger partial charge in [-0.25, -0.2) is 4.68 Å². The van der Waals surface area contributed by atoms with Crippen LogP contribution in [0.3, 0.4) is 0 Å². The zero-order valence-corrected chi connectivity index (χ0v) is 16.8. The second-order valence-electron chi connectivity index (χ2n) is 6.93. The molecule has 0 saturated heterocycles. The molecule has 150 valence electrons. The highest BCUT2D eigenvalue weighted by atomic mass is 16.5. The molecule has 0 aliphatic rings. The molecule has 1 atom stereocenters. The van der Waals surface area contributed by atoms with E-state index >= 15 is 0 Å². The maximum absolute atomic E-state index is 12.7. The lowest BCUT2D eigenvalue weighted by molar-refractivity contribution is 0.0940. The number of carbonyl (C=O) groups is 1. The summed E-state index contributed by atoms with van der Waals surface area (Å²) >= 11 is 0. The number of hydrogen-bond donors (Lipinski definition) is 1. The van der Waals surface area contributed by atoms with Crippen molar-refractivity contribution in [3.8, 4) is 22.6 Å². The lowest BCUT2D eigenvalue weighted by Crippen LogP contribution is -2.26. The maximum Gasteiger partial charge on any atom is 0.251 e. The van der Waals surface area contributed by atoms with Crippen molar-refractivity contribution in [3.05, 3.63) is 96.6 Å². The average Bonchev–Trinajstić information content (AvgIpc) is 3.30. The summed E-state index contributed by atoms with van der Waals surface area (Å²) in [5.74, 6) is 0.638. The van der Waals surface area contributed by atoms with E-state index in [2.05, 4.69) is 15.4 Å². The molecule has 2 heterocycles. The van der Waals surface area contributed by atoms with Crippen LogP contribution >= 0.6 is 0 Å². The van der Waals surface area contributed by atoms with Crippen molar-refractivity contribution in [2.75, 3.05) is 7.11 Å². The van der Waals surface area contributed by atoms with Gasteiger partial charge in [0.1, 0.15) is 5.75 Å². The molecule has 0 bridgehead atoms. The summed E-state index contributed by atoms with van der Waals surface area (Å²) in [5.41, 5.74) is 4.53. The predicted molar refractivity (Wildman–Crippen MR) is 116 cm³/mol. The van der Waals surface area contributed by atoms with E-state index in [4.69, 9.17) is 4.74 Å². The van der Waals surface area contributed by atoms with Crippen LogP contribution in [0.25, 0.3) is 16.8 Å². The lowest BCUT2D eigenvalue weighted by Gasteiger charge is -2.12. The third kappa shape index (κ3) is 4.22. The van der Waals surface area contributed by atoms with E-state index in [1.165, 1.54) is 0 Å². The number of amides is 1. The number of carbonyl (C=O) groups excluding carboxylic acids is 1. The number of ether oxygens (including phenoxy) is 1. The van der Waals surface area contributed by atoms with Crippen molar-refractivity contribution in [1.29, 1.82) is 0 Å². The van der Waals surface area contributed by atoms with E-state index in [0.29, 0.717) is 5.56 Å². The van der Waals surface area contributed by atoms with Gasteiger partial charge in [0.15, 0.2) is 0 Å². The first kappa shape index (κ1) is 19.4. The Balaban J connectivity index is 1.44. The van der Waals surface area contributed by atoms with Crippen LogP contribution in [0, 0.1) is 0 Å². The molecule has 4 rings (SSSR count). The molecule has 6 heteroatoms. The molecule has 1 N–H and O–H groups in total. The third-order valence-electron chi connectivity index (χ3n) is 4.93. The summed E-state index contributed by atoms with van der Waals surface area (Å²) in [6.45, 7) is 1.94. The second kappa shape index (κ2) is 8.61. The second-order valence-corrected chi connectivity index (χ2v) is 6.93. The standard InChI is InChI=1S/C24H22N4O2/c1-17(21-15-26-28(16-21)22-4-3-5-23(14-22)30-2)27-24(29)20-8-6-18(7-9-20)19-10-12-25-13-11-19/h3-17H,1-2H3,(H,27,29). The van der Waals surface area contributed by atoms with Gasteiger partial charge in [0, 0.05) is 35.8 Å². The Morgan fingerprint density at radius 3 is 2.50 bits per heavy atom. The highest BCUT2D eigenvalue weighted by Crippen LogP contribution is 2.21. The smallest absolute Gasteiger partial charge is 0.251 e. The van der Waals surface area contributed by atoms with Gasteiger partial charge in [-0.15, -0.1) is 0 Å². The molecule has 4 aromatic rings. The number of nitrogens with one attached hydrogen (secondary N) is 1. The molecule has 0 aliphatic carbocycles. The van der Waals surface area contributed by atoms with Gasteiger partial charge in [-0.1, -0.05) is 18.2 Å². The monoisotopic (exact) mass is 398 g/mol. The van der Waals surface area contributed by atoms with Gasteiger partial charge in [0.25, 0.3) is 5.91 Å². The minimum absolute atomic E-state index is 0.127. The van der Waals surface area contributed by atoms with Gasteiger partial charge in [-0.05, 0) is 54.4 Å². The van der Waals surface area contributed by atoms with E-state index in [0.717, 1.165) is 28.1 Å². The number of hydrogen-bond acceptors (Lipinski definition) is 4. The fourth-order valence-electron chi connectivity index (χ4n) is 3.18. The molecule has 2 aromatic carbocycles. The summed E-state index contributed by atoms with van der Waals surface area (Å²) in [4.78, 5) is 16.7. The topological polar surface area (TPSA) is 69.0 Å². The highest BCUT2D eigenvalue weighted by Gasteiger charge is 2.14. The van der Waals surface area contributed by atoms with Crippen molar-refractivity contribution in [3.63, 3.8) is 0 Å². The van der Waals surface area contributed by atoms with E-state index in [-0.39, 0.29) is 11.9 Å². The van der Waals surface area contributed by atoms with Crippen LogP contribution < -0.4 is 10.1 Å². The SMILES string of the molecule is COc1cccc(-n2cc(C(C)NC(=O)c3ccc(-c4ccncc4)cc3)cn2)c1. The van der Waals surface area contributed by atoms with Gasteiger partial charge >= 0.3 is 0 Å². The van der Waals surface area contributed by atoms with Gasteiger partial charge < -0.3 is 10.1 Å². The summed E-state index contributed by atoms with van der Waals surface area (Å²) < 4.78 is 7.04. The minimum Gasteiger partial charge on any atom is -0.497 e. The van der Waals surface area contributed by atoms with Crippen molar-refractivity contribution < 1.29 is 9.53 Å². The van der Waals surface area contributed by atoms with Crippen LogP contribution in [0.15, 0.2) is 85.5 Å². The summed E-state index contributed by atoms with van der Waals surface area (Å²) in [6, 6.07) is 18.9. The van der Waals surface area contributed by atoms with Crippen LogP contribution in [0.2, 0.25) is 0 Å². The lowest BCUT2D eigenvalue weighted by atomic mass is 10.0. The first-order valence-electron chi connectivity index (χ1n) is 9.64. The minimum atomic E-state index is -0.184. The first-order valence-corrected chi connectivity index (χ1v) is 9.64. The van der Waals surface area contributed by atoms with Crippen LogP contribution in [0.1, 0.15) is 28.9 Å². The van der Waals surface area contributed by atoms with E-state index < -0.39 is 0 Å². The summed E-state index contributed by atoms with van der Waals surface area (Å²) in [5, 5.41) is 7.44. The van der Waals surface area contributed by atoms with Gasteiger partial charge in [0.05, 0.1) is 25.0 Å². The molecule has 2 aromatic heterocycles. The molecule has 6 nitrogen and oxygen atoms in total. The Bertz CT molecular complexity index is 1140. The zero-order chi connectivity index (χ0) is 20.9. The summed E-state index contributed by atoms with van der Waals surface area (Å²) in [7, 11) is 1.63. The molecular formula is C24H22N4O2. The third-order valence-corrected chi connectivity index (χ3v) is 4.93.